The van der Waals surface area contributed by atoms with Gasteiger partial charge in [-0.1, -0.05) is 26.0 Å². The Hall–Kier alpha value is -3.14. The Bertz CT molecular complexity index is 827. The van der Waals surface area contributed by atoms with Crippen molar-refractivity contribution in [3.05, 3.63) is 29.8 Å². The molecule has 3 rings (SSSR count). The third-order valence-corrected chi connectivity index (χ3v) is 5.62. The molecule has 2 aliphatic heterocycles. The molecular weight excluding hydrogens is 428 g/mol. The van der Waals surface area contributed by atoms with E-state index in [1.165, 1.54) is 7.05 Å². The summed E-state index contributed by atoms with van der Waals surface area (Å²) in [6.07, 6.45) is 1.41. The summed E-state index contributed by atoms with van der Waals surface area (Å²) in [5.41, 5.74) is 2.47. The summed E-state index contributed by atoms with van der Waals surface area (Å²) in [5.74, 6) is -2.77. The molecule has 10 heteroatoms. The van der Waals surface area contributed by atoms with Crippen molar-refractivity contribution in [1.82, 2.24) is 21.4 Å². The summed E-state index contributed by atoms with van der Waals surface area (Å²) in [6.45, 7) is 4.00. The van der Waals surface area contributed by atoms with Gasteiger partial charge in [-0.15, -0.1) is 0 Å². The van der Waals surface area contributed by atoms with E-state index < -0.39 is 35.6 Å². The molecule has 1 aromatic carbocycles. The van der Waals surface area contributed by atoms with Gasteiger partial charge in [0.25, 0.3) is 0 Å². The van der Waals surface area contributed by atoms with Gasteiger partial charge < -0.3 is 20.7 Å². The van der Waals surface area contributed by atoms with Crippen molar-refractivity contribution >= 4 is 23.6 Å². The van der Waals surface area contributed by atoms with Crippen LogP contribution in [0.4, 0.5) is 0 Å². The van der Waals surface area contributed by atoms with E-state index in [0.717, 1.165) is 5.56 Å². The van der Waals surface area contributed by atoms with E-state index in [1.54, 1.807) is 17.6 Å². The second kappa shape index (κ2) is 12.8. The van der Waals surface area contributed by atoms with Gasteiger partial charge in [0.05, 0.1) is 19.1 Å². The number of carbonyl (C=O) groups is 4. The molecule has 0 radical (unpaired) electrons. The van der Waals surface area contributed by atoms with Gasteiger partial charge in [0.1, 0.15) is 11.8 Å². The van der Waals surface area contributed by atoms with Gasteiger partial charge in [-0.2, -0.15) is 0 Å². The molecule has 0 aromatic heterocycles. The molecule has 0 aliphatic carbocycles. The van der Waals surface area contributed by atoms with Crippen LogP contribution in [0.2, 0.25) is 0 Å². The zero-order valence-electron chi connectivity index (χ0n) is 19.3. The van der Waals surface area contributed by atoms with Crippen molar-refractivity contribution < 1.29 is 29.1 Å². The molecular formula is C23H34N4O6. The van der Waals surface area contributed by atoms with E-state index in [9.17, 15) is 24.4 Å². The summed E-state index contributed by atoms with van der Waals surface area (Å²) in [4.78, 5) is 50.2. The SMILES string of the molecule is CNC(=O)CNC(=O)C1Cc2ccc(cc2)OCCCC(C(=O)NO)C(CC(C)C)C(=O)N1. The number of hydroxylamine groups is 1. The van der Waals surface area contributed by atoms with Crippen LogP contribution in [0, 0.1) is 17.8 Å². The number of ether oxygens (including phenoxy) is 1. The monoisotopic (exact) mass is 462 g/mol. The molecule has 182 valence electrons. The van der Waals surface area contributed by atoms with Crippen LogP contribution in [-0.2, 0) is 25.6 Å². The minimum atomic E-state index is -0.954. The summed E-state index contributed by atoms with van der Waals surface area (Å²) >= 11 is 0. The molecule has 2 aliphatic rings. The highest BCUT2D eigenvalue weighted by atomic mass is 16.5. The van der Waals surface area contributed by atoms with Gasteiger partial charge in [0, 0.05) is 19.4 Å². The second-order valence-corrected chi connectivity index (χ2v) is 8.61. The van der Waals surface area contributed by atoms with Crippen LogP contribution < -0.4 is 26.2 Å². The molecule has 2 bridgehead atoms. The first-order chi connectivity index (χ1) is 15.7. The number of nitrogens with one attached hydrogen (secondary N) is 4. The Kier molecular flexibility index (Phi) is 10.1. The van der Waals surface area contributed by atoms with E-state index in [0.29, 0.717) is 31.6 Å². The average molecular weight is 463 g/mol. The topological polar surface area (TPSA) is 146 Å². The Morgan fingerprint density at radius 2 is 1.88 bits per heavy atom. The van der Waals surface area contributed by atoms with Crippen LogP contribution in [0.25, 0.3) is 0 Å². The molecule has 0 spiro atoms. The number of rotatable bonds is 6. The Morgan fingerprint density at radius 1 is 1.18 bits per heavy atom. The molecule has 0 saturated carbocycles. The van der Waals surface area contributed by atoms with Gasteiger partial charge in [-0.3, -0.25) is 24.4 Å². The van der Waals surface area contributed by atoms with Crippen LogP contribution in [0.5, 0.6) is 5.75 Å². The molecule has 4 amide bonds. The maximum Gasteiger partial charge on any atom is 0.247 e. The maximum atomic E-state index is 13.4. The quantitative estimate of drug-likeness (QED) is 0.308. The van der Waals surface area contributed by atoms with Crippen molar-refractivity contribution in [1.29, 1.82) is 0 Å². The number of hydrogen-bond acceptors (Lipinski definition) is 6. The van der Waals surface area contributed by atoms with E-state index >= 15 is 0 Å². The lowest BCUT2D eigenvalue weighted by atomic mass is 9.81. The summed E-state index contributed by atoms with van der Waals surface area (Å²) in [5, 5.41) is 17.0. The number of hydrogen-bond donors (Lipinski definition) is 5. The van der Waals surface area contributed by atoms with E-state index in [-0.39, 0.29) is 24.8 Å². The molecule has 5 N–H and O–H groups in total. The minimum Gasteiger partial charge on any atom is -0.494 e. The summed E-state index contributed by atoms with van der Waals surface area (Å²) in [6, 6.07) is 6.24. The lowest BCUT2D eigenvalue weighted by Gasteiger charge is -2.28. The highest BCUT2D eigenvalue weighted by Crippen LogP contribution is 2.27. The van der Waals surface area contributed by atoms with E-state index in [1.807, 2.05) is 26.0 Å². The number of carbonyl (C=O) groups excluding carboxylic acids is 4. The fraction of sp³-hybridized carbons (Fsp3) is 0.565. The molecule has 3 unspecified atom stereocenters. The smallest absolute Gasteiger partial charge is 0.247 e. The average Bonchev–Trinajstić information content (AvgIpc) is 2.80. The minimum absolute atomic E-state index is 0.0946. The zero-order chi connectivity index (χ0) is 24.4. The first-order valence-corrected chi connectivity index (χ1v) is 11.2. The van der Waals surface area contributed by atoms with Crippen LogP contribution in [0.1, 0.15) is 38.7 Å². The third-order valence-electron chi connectivity index (χ3n) is 5.62. The van der Waals surface area contributed by atoms with Crippen molar-refractivity contribution in [3.8, 4) is 5.75 Å². The fourth-order valence-electron chi connectivity index (χ4n) is 3.88. The van der Waals surface area contributed by atoms with Gasteiger partial charge in [0.15, 0.2) is 0 Å². The standard InChI is InChI=1S/C23H34N4O6/c1-14(2)11-18-17(22(30)27-32)5-4-10-33-16-8-6-15(7-9-16)12-19(26-21(18)29)23(31)25-13-20(28)24-3/h6-9,14,17-19,32H,4-5,10-13H2,1-3H3,(H,24,28)(H,25,31)(H,26,29)(H,27,30). The molecule has 0 saturated heterocycles. The van der Waals surface area contributed by atoms with Crippen LogP contribution in [0.15, 0.2) is 24.3 Å². The molecule has 10 nitrogen and oxygen atoms in total. The van der Waals surface area contributed by atoms with E-state index in [4.69, 9.17) is 4.74 Å². The van der Waals surface area contributed by atoms with Gasteiger partial charge in [0.2, 0.25) is 23.6 Å². The molecule has 2 heterocycles. The predicted octanol–water partition coefficient (Wildman–Crippen LogP) is 0.533. The van der Waals surface area contributed by atoms with Crippen molar-refractivity contribution in [2.75, 3.05) is 20.2 Å². The number of benzene rings is 1. The van der Waals surface area contributed by atoms with Crippen LogP contribution in [0.3, 0.4) is 0 Å². The number of fused-ring (bicyclic) bond motifs is 11. The van der Waals surface area contributed by atoms with Crippen molar-refractivity contribution in [3.63, 3.8) is 0 Å². The Morgan fingerprint density at radius 3 is 2.48 bits per heavy atom. The molecule has 0 fully saturated rings. The van der Waals surface area contributed by atoms with Gasteiger partial charge >= 0.3 is 0 Å². The summed E-state index contributed by atoms with van der Waals surface area (Å²) < 4.78 is 5.74. The summed E-state index contributed by atoms with van der Waals surface area (Å²) in [7, 11) is 1.46. The van der Waals surface area contributed by atoms with Crippen LogP contribution in [-0.4, -0.2) is 55.1 Å². The lowest BCUT2D eigenvalue weighted by Crippen LogP contribution is -2.53. The highest BCUT2D eigenvalue weighted by Gasteiger charge is 2.36. The van der Waals surface area contributed by atoms with Crippen molar-refractivity contribution in [2.45, 2.75) is 45.6 Å². The van der Waals surface area contributed by atoms with Gasteiger partial charge in [-0.05, 0) is 42.9 Å². The maximum absolute atomic E-state index is 13.4. The van der Waals surface area contributed by atoms with E-state index in [2.05, 4.69) is 16.0 Å². The Labute approximate surface area is 193 Å². The largest absolute Gasteiger partial charge is 0.494 e. The predicted molar refractivity (Wildman–Crippen MR) is 120 cm³/mol. The number of likely N-dealkylation sites (N-methyl/N-ethyl adjacent to an activating group) is 1. The Balaban J connectivity index is 2.36. The highest BCUT2D eigenvalue weighted by molar-refractivity contribution is 5.93. The first-order valence-electron chi connectivity index (χ1n) is 11.2. The fourth-order valence-corrected chi connectivity index (χ4v) is 3.88. The molecule has 33 heavy (non-hydrogen) atoms. The molecule has 1 aromatic rings. The first kappa shape index (κ1) is 26.1. The second-order valence-electron chi connectivity index (χ2n) is 8.61. The normalized spacial score (nSPS) is 21.4. The van der Waals surface area contributed by atoms with Gasteiger partial charge in [-0.25, -0.2) is 5.48 Å². The van der Waals surface area contributed by atoms with Crippen molar-refractivity contribution in [2.24, 2.45) is 17.8 Å². The third kappa shape index (κ3) is 8.05. The van der Waals surface area contributed by atoms with Crippen LogP contribution >= 0.6 is 0 Å². The lowest BCUT2D eigenvalue weighted by molar-refractivity contribution is -0.142. The zero-order valence-corrected chi connectivity index (χ0v) is 19.3. The number of amides is 4. The molecule has 3 atom stereocenters.